The summed E-state index contributed by atoms with van der Waals surface area (Å²) < 4.78 is 0. The number of carbonyl (C=O) groups excluding carboxylic acids is 2. The van der Waals surface area contributed by atoms with E-state index in [1.807, 2.05) is 17.5 Å². The molecule has 2 heterocycles. The zero-order chi connectivity index (χ0) is 16.8. The summed E-state index contributed by atoms with van der Waals surface area (Å²) in [4.78, 5) is 38.9. The van der Waals surface area contributed by atoms with Gasteiger partial charge in [-0.25, -0.2) is 9.78 Å². The van der Waals surface area contributed by atoms with Gasteiger partial charge in [-0.1, -0.05) is 6.07 Å². The van der Waals surface area contributed by atoms with Crippen LogP contribution >= 0.6 is 22.7 Å². The van der Waals surface area contributed by atoms with E-state index >= 15 is 0 Å². The van der Waals surface area contributed by atoms with Crippen molar-refractivity contribution in [3.05, 3.63) is 38.5 Å². The highest BCUT2D eigenvalue weighted by atomic mass is 32.1. The Labute approximate surface area is 140 Å². The van der Waals surface area contributed by atoms with E-state index in [1.165, 1.54) is 35.0 Å². The minimum atomic E-state index is -1.10. The molecule has 1 unspecified atom stereocenters. The molecule has 0 aliphatic carbocycles. The molecule has 0 saturated carbocycles. The lowest BCUT2D eigenvalue weighted by Crippen LogP contribution is -2.32. The molecule has 0 aliphatic heterocycles. The average Bonchev–Trinajstić information content (AvgIpc) is 3.15. The number of thiophene rings is 1. The van der Waals surface area contributed by atoms with Crippen molar-refractivity contribution in [2.24, 2.45) is 0 Å². The summed E-state index contributed by atoms with van der Waals surface area (Å²) in [6.45, 7) is 1.57. The molecule has 23 heavy (non-hydrogen) atoms. The van der Waals surface area contributed by atoms with Crippen LogP contribution in [0.4, 0.5) is 0 Å². The van der Waals surface area contributed by atoms with Gasteiger partial charge in [0.1, 0.15) is 5.01 Å². The highest BCUT2D eigenvalue weighted by molar-refractivity contribution is 7.10. The summed E-state index contributed by atoms with van der Waals surface area (Å²) in [5.74, 6) is -1.55. The number of hydrogen-bond acceptors (Lipinski definition) is 6. The predicted octanol–water partition coefficient (Wildman–Crippen LogP) is 1.79. The molecule has 0 aromatic carbocycles. The lowest BCUT2D eigenvalue weighted by atomic mass is 10.1. The standard InChI is InChI=1S/C14H15N3O4S2/c1-8(18)16-9(11-3-2-4-22-11)5-12(19)15-6-13-17-10(7-23-13)14(20)21/h2-4,7,9H,5-6H2,1H3,(H,15,19)(H,16,18)(H,20,21). The van der Waals surface area contributed by atoms with Gasteiger partial charge in [0.2, 0.25) is 11.8 Å². The third-order valence-corrected chi connectivity index (χ3v) is 4.70. The van der Waals surface area contributed by atoms with Crippen LogP contribution < -0.4 is 10.6 Å². The number of thiazole rings is 1. The van der Waals surface area contributed by atoms with Crippen LogP contribution in [0.2, 0.25) is 0 Å². The van der Waals surface area contributed by atoms with E-state index in [1.54, 1.807) is 0 Å². The Bertz CT molecular complexity index is 697. The number of aromatic carboxylic acids is 1. The number of aromatic nitrogens is 1. The molecule has 0 bridgehead atoms. The predicted molar refractivity (Wildman–Crippen MR) is 86.4 cm³/mol. The summed E-state index contributed by atoms with van der Waals surface area (Å²) in [6.07, 6.45) is 0.108. The Morgan fingerprint density at radius 1 is 1.35 bits per heavy atom. The van der Waals surface area contributed by atoms with Crippen LogP contribution in [0.25, 0.3) is 0 Å². The van der Waals surface area contributed by atoms with Crippen molar-refractivity contribution in [2.45, 2.75) is 25.9 Å². The molecule has 0 aliphatic rings. The van der Waals surface area contributed by atoms with Gasteiger partial charge in [0.05, 0.1) is 19.0 Å². The molecule has 0 saturated heterocycles. The van der Waals surface area contributed by atoms with Crippen LogP contribution in [-0.4, -0.2) is 27.9 Å². The molecule has 0 spiro atoms. The fourth-order valence-corrected chi connectivity index (χ4v) is 3.37. The van der Waals surface area contributed by atoms with E-state index in [-0.39, 0.29) is 36.5 Å². The molecular weight excluding hydrogens is 338 g/mol. The molecule has 1 atom stereocenters. The summed E-state index contributed by atoms with van der Waals surface area (Å²) in [5.41, 5.74) is -0.0334. The first kappa shape index (κ1) is 17.1. The second-order valence-electron chi connectivity index (χ2n) is 4.68. The van der Waals surface area contributed by atoms with Crippen LogP contribution in [0.15, 0.2) is 22.9 Å². The van der Waals surface area contributed by atoms with Crippen molar-refractivity contribution in [2.75, 3.05) is 0 Å². The first-order chi connectivity index (χ1) is 11.0. The Morgan fingerprint density at radius 3 is 2.70 bits per heavy atom. The number of hydrogen-bond donors (Lipinski definition) is 3. The average molecular weight is 353 g/mol. The number of carboxylic acid groups (broad SMARTS) is 1. The van der Waals surface area contributed by atoms with Gasteiger partial charge in [-0.3, -0.25) is 9.59 Å². The van der Waals surface area contributed by atoms with Gasteiger partial charge in [0, 0.05) is 17.2 Å². The molecule has 0 fully saturated rings. The molecular formula is C14H15N3O4S2. The van der Waals surface area contributed by atoms with Crippen LogP contribution in [0, 0.1) is 0 Å². The summed E-state index contributed by atoms with van der Waals surface area (Å²) in [7, 11) is 0. The summed E-state index contributed by atoms with van der Waals surface area (Å²) in [6, 6.07) is 3.34. The molecule has 0 radical (unpaired) electrons. The van der Waals surface area contributed by atoms with Gasteiger partial charge in [-0.05, 0) is 11.4 Å². The number of carboxylic acids is 1. The zero-order valence-electron chi connectivity index (χ0n) is 12.2. The number of carbonyl (C=O) groups is 3. The largest absolute Gasteiger partial charge is 0.476 e. The fourth-order valence-electron chi connectivity index (χ4n) is 1.88. The Balaban J connectivity index is 1.91. The van der Waals surface area contributed by atoms with Gasteiger partial charge < -0.3 is 15.7 Å². The minimum absolute atomic E-state index is 0.0334. The maximum Gasteiger partial charge on any atom is 0.355 e. The normalized spacial score (nSPS) is 11.7. The summed E-state index contributed by atoms with van der Waals surface area (Å²) >= 11 is 2.64. The first-order valence-electron chi connectivity index (χ1n) is 6.70. The molecule has 7 nitrogen and oxygen atoms in total. The van der Waals surface area contributed by atoms with E-state index in [0.717, 1.165) is 4.88 Å². The van der Waals surface area contributed by atoms with Gasteiger partial charge in [-0.15, -0.1) is 22.7 Å². The van der Waals surface area contributed by atoms with E-state index < -0.39 is 5.97 Å². The SMILES string of the molecule is CC(=O)NC(CC(=O)NCc1nc(C(=O)O)cs1)c1cccs1. The maximum absolute atomic E-state index is 12.0. The number of amides is 2. The van der Waals surface area contributed by atoms with E-state index in [2.05, 4.69) is 15.6 Å². The Hall–Kier alpha value is -2.26. The molecule has 2 aromatic heterocycles. The third-order valence-electron chi connectivity index (χ3n) is 2.86. The van der Waals surface area contributed by atoms with E-state index in [4.69, 9.17) is 5.11 Å². The third kappa shape index (κ3) is 5.15. The van der Waals surface area contributed by atoms with E-state index in [9.17, 15) is 14.4 Å². The Morgan fingerprint density at radius 2 is 2.13 bits per heavy atom. The molecule has 2 amide bonds. The minimum Gasteiger partial charge on any atom is -0.476 e. The number of rotatable bonds is 7. The van der Waals surface area contributed by atoms with Crippen molar-refractivity contribution < 1.29 is 19.5 Å². The number of nitrogens with zero attached hydrogens (tertiary/aromatic N) is 1. The van der Waals surface area contributed by atoms with Gasteiger partial charge in [0.15, 0.2) is 5.69 Å². The van der Waals surface area contributed by atoms with Crippen LogP contribution in [0.3, 0.4) is 0 Å². The molecule has 9 heteroatoms. The Kier molecular flexibility index (Phi) is 5.83. The highest BCUT2D eigenvalue weighted by Crippen LogP contribution is 2.22. The lowest BCUT2D eigenvalue weighted by molar-refractivity contribution is -0.122. The van der Waals surface area contributed by atoms with Crippen molar-refractivity contribution in [3.8, 4) is 0 Å². The second kappa shape index (κ2) is 7.84. The molecule has 2 aromatic rings. The van der Waals surface area contributed by atoms with Gasteiger partial charge >= 0.3 is 5.97 Å². The monoisotopic (exact) mass is 353 g/mol. The van der Waals surface area contributed by atoms with Crippen molar-refractivity contribution in [1.82, 2.24) is 15.6 Å². The molecule has 122 valence electrons. The fraction of sp³-hybridized carbons (Fsp3) is 0.286. The molecule has 2 rings (SSSR count). The summed E-state index contributed by atoms with van der Waals surface area (Å²) in [5, 5.41) is 18.1. The quantitative estimate of drug-likeness (QED) is 0.703. The van der Waals surface area contributed by atoms with Crippen molar-refractivity contribution in [3.63, 3.8) is 0 Å². The van der Waals surface area contributed by atoms with Gasteiger partial charge in [-0.2, -0.15) is 0 Å². The zero-order valence-corrected chi connectivity index (χ0v) is 13.9. The lowest BCUT2D eigenvalue weighted by Gasteiger charge is -2.16. The smallest absolute Gasteiger partial charge is 0.355 e. The topological polar surface area (TPSA) is 108 Å². The molecule has 3 N–H and O–H groups in total. The van der Waals surface area contributed by atoms with Crippen molar-refractivity contribution >= 4 is 40.5 Å². The van der Waals surface area contributed by atoms with Crippen LogP contribution in [-0.2, 0) is 16.1 Å². The van der Waals surface area contributed by atoms with Crippen molar-refractivity contribution in [1.29, 1.82) is 0 Å². The van der Waals surface area contributed by atoms with E-state index in [0.29, 0.717) is 5.01 Å². The van der Waals surface area contributed by atoms with Crippen LogP contribution in [0.5, 0.6) is 0 Å². The number of nitrogens with one attached hydrogen (secondary N) is 2. The van der Waals surface area contributed by atoms with Crippen LogP contribution in [0.1, 0.15) is 39.8 Å². The maximum atomic E-state index is 12.0. The highest BCUT2D eigenvalue weighted by Gasteiger charge is 2.18. The van der Waals surface area contributed by atoms with Gasteiger partial charge in [0.25, 0.3) is 0 Å². The first-order valence-corrected chi connectivity index (χ1v) is 8.46. The second-order valence-corrected chi connectivity index (χ2v) is 6.60.